The maximum Gasteiger partial charge on any atom is 0.311 e. The number of likely N-dealkylation sites (tertiary alicyclic amines) is 1. The average Bonchev–Trinajstić information content (AvgIpc) is 2.53. The van der Waals surface area contributed by atoms with E-state index >= 15 is 0 Å². The Hall–Kier alpha value is -1.63. The van der Waals surface area contributed by atoms with Crippen LogP contribution in [0, 0.1) is 16.0 Å². The van der Waals surface area contributed by atoms with Gasteiger partial charge in [-0.05, 0) is 24.8 Å². The number of amides is 1. The van der Waals surface area contributed by atoms with E-state index in [4.69, 9.17) is 4.74 Å². The normalized spacial score (nSPS) is 15.8. The number of ether oxygens (including phenoxy) is 1. The first kappa shape index (κ1) is 15.8. The van der Waals surface area contributed by atoms with Crippen LogP contribution in [0.3, 0.4) is 0 Å². The molecule has 0 N–H and O–H groups in total. The van der Waals surface area contributed by atoms with Crippen LogP contribution in [0.25, 0.3) is 0 Å². The van der Waals surface area contributed by atoms with E-state index in [1.54, 1.807) is 11.0 Å². The molecule has 0 radical (unpaired) electrons. The molecule has 7 heteroatoms. The zero-order chi connectivity index (χ0) is 15.4. The second-order valence-corrected chi connectivity index (χ2v) is 5.65. The number of methoxy groups -OCH3 is 1. The van der Waals surface area contributed by atoms with Crippen molar-refractivity contribution >= 4 is 27.5 Å². The smallest absolute Gasteiger partial charge is 0.311 e. The highest BCUT2D eigenvalue weighted by atomic mass is 79.9. The summed E-state index contributed by atoms with van der Waals surface area (Å²) in [6, 6.07) is 4.43. The first-order valence-electron chi connectivity index (χ1n) is 6.75. The minimum atomic E-state index is -0.535. The van der Waals surface area contributed by atoms with E-state index in [-0.39, 0.29) is 22.9 Å². The lowest BCUT2D eigenvalue weighted by atomic mass is 9.98. The number of nitro benzene ring substituents is 1. The maximum atomic E-state index is 12.6. The van der Waals surface area contributed by atoms with Crippen molar-refractivity contribution in [3.63, 3.8) is 0 Å². The molecule has 0 aromatic heterocycles. The van der Waals surface area contributed by atoms with E-state index in [1.807, 2.05) is 0 Å². The zero-order valence-electron chi connectivity index (χ0n) is 11.8. The molecule has 1 heterocycles. The van der Waals surface area contributed by atoms with Crippen molar-refractivity contribution in [3.05, 3.63) is 33.9 Å². The number of alkyl halides is 1. The first-order valence-corrected chi connectivity index (χ1v) is 7.87. The van der Waals surface area contributed by atoms with E-state index in [0.717, 1.165) is 18.2 Å². The Bertz CT molecular complexity index is 542. The molecule has 6 nitrogen and oxygen atoms in total. The van der Waals surface area contributed by atoms with Crippen molar-refractivity contribution in [3.8, 4) is 5.75 Å². The second-order valence-electron chi connectivity index (χ2n) is 5.00. The predicted molar refractivity (Wildman–Crippen MR) is 82.1 cm³/mol. The molecule has 0 bridgehead atoms. The molecular formula is C14H17BrN2O4. The summed E-state index contributed by atoms with van der Waals surface area (Å²) in [6.07, 6.45) is 1.88. The second kappa shape index (κ2) is 6.89. The van der Waals surface area contributed by atoms with Crippen LogP contribution in [0.1, 0.15) is 23.2 Å². The van der Waals surface area contributed by atoms with Crippen LogP contribution in [-0.4, -0.2) is 41.3 Å². The largest absolute Gasteiger partial charge is 0.490 e. The number of carbonyl (C=O) groups excluding carboxylic acids is 1. The van der Waals surface area contributed by atoms with Crippen LogP contribution in [0.5, 0.6) is 5.75 Å². The zero-order valence-corrected chi connectivity index (χ0v) is 13.3. The van der Waals surface area contributed by atoms with Gasteiger partial charge < -0.3 is 9.64 Å². The molecule has 114 valence electrons. The summed E-state index contributed by atoms with van der Waals surface area (Å²) in [6.45, 7) is 1.34. The number of halogens is 1. The average molecular weight is 357 g/mol. The van der Waals surface area contributed by atoms with Gasteiger partial charge in [-0.1, -0.05) is 22.0 Å². The predicted octanol–water partition coefficient (Wildman–Crippen LogP) is 2.85. The Balaban J connectivity index is 2.24. The van der Waals surface area contributed by atoms with Gasteiger partial charge in [0.1, 0.15) is 0 Å². The van der Waals surface area contributed by atoms with Crippen LogP contribution in [0.2, 0.25) is 0 Å². The van der Waals surface area contributed by atoms with Gasteiger partial charge in [0.05, 0.1) is 17.6 Å². The molecule has 0 saturated carbocycles. The maximum absolute atomic E-state index is 12.6. The third-order valence-corrected chi connectivity index (χ3v) is 4.66. The molecule has 1 aliphatic heterocycles. The van der Waals surface area contributed by atoms with Gasteiger partial charge in [-0.15, -0.1) is 0 Å². The number of piperidine rings is 1. The molecule has 2 rings (SSSR count). The van der Waals surface area contributed by atoms with Crippen LogP contribution in [-0.2, 0) is 0 Å². The van der Waals surface area contributed by atoms with Gasteiger partial charge in [-0.3, -0.25) is 14.9 Å². The summed E-state index contributed by atoms with van der Waals surface area (Å²) >= 11 is 3.46. The quantitative estimate of drug-likeness (QED) is 0.472. The summed E-state index contributed by atoms with van der Waals surface area (Å²) in [7, 11) is 1.34. The van der Waals surface area contributed by atoms with Crippen LogP contribution < -0.4 is 4.74 Å². The number of hydrogen-bond donors (Lipinski definition) is 0. The van der Waals surface area contributed by atoms with Crippen molar-refractivity contribution < 1.29 is 14.5 Å². The first-order chi connectivity index (χ1) is 10.1. The van der Waals surface area contributed by atoms with Gasteiger partial charge in [0.15, 0.2) is 0 Å². The molecule has 0 spiro atoms. The fraction of sp³-hybridized carbons (Fsp3) is 0.500. The fourth-order valence-corrected chi connectivity index (χ4v) is 3.16. The molecule has 1 aromatic carbocycles. The summed E-state index contributed by atoms with van der Waals surface area (Å²) in [4.78, 5) is 24.8. The van der Waals surface area contributed by atoms with E-state index in [1.165, 1.54) is 19.2 Å². The highest BCUT2D eigenvalue weighted by molar-refractivity contribution is 9.09. The highest BCUT2D eigenvalue weighted by Crippen LogP contribution is 2.32. The minimum Gasteiger partial charge on any atom is -0.490 e. The van der Waals surface area contributed by atoms with Crippen LogP contribution >= 0.6 is 15.9 Å². The van der Waals surface area contributed by atoms with Crippen molar-refractivity contribution in [1.29, 1.82) is 0 Å². The van der Waals surface area contributed by atoms with E-state index < -0.39 is 4.92 Å². The van der Waals surface area contributed by atoms with Crippen molar-refractivity contribution in [2.24, 2.45) is 5.92 Å². The number of rotatable bonds is 4. The molecule has 1 amide bonds. The number of hydrogen-bond acceptors (Lipinski definition) is 4. The molecule has 21 heavy (non-hydrogen) atoms. The lowest BCUT2D eigenvalue weighted by Crippen LogP contribution is -2.39. The lowest BCUT2D eigenvalue weighted by molar-refractivity contribution is -0.385. The van der Waals surface area contributed by atoms with Gasteiger partial charge in [0, 0.05) is 24.5 Å². The Kier molecular flexibility index (Phi) is 5.17. The SMILES string of the molecule is COc1c(C(=O)N2CCC(CBr)CC2)cccc1[N+](=O)[O-]. The third kappa shape index (κ3) is 3.34. The van der Waals surface area contributed by atoms with Gasteiger partial charge in [0.2, 0.25) is 5.75 Å². The molecule has 0 aliphatic carbocycles. The monoisotopic (exact) mass is 356 g/mol. The highest BCUT2D eigenvalue weighted by Gasteiger charge is 2.28. The fourth-order valence-electron chi connectivity index (χ4n) is 2.51. The minimum absolute atomic E-state index is 0.0371. The Morgan fingerprint density at radius 1 is 1.48 bits per heavy atom. The van der Waals surface area contributed by atoms with Gasteiger partial charge >= 0.3 is 5.69 Å². The molecular weight excluding hydrogens is 340 g/mol. The van der Waals surface area contributed by atoms with Crippen molar-refractivity contribution in [1.82, 2.24) is 4.90 Å². The number of carbonyl (C=O) groups is 1. The summed E-state index contributed by atoms with van der Waals surface area (Å²) in [5.41, 5.74) is 0.0719. The van der Waals surface area contributed by atoms with Gasteiger partial charge in [0.25, 0.3) is 5.91 Å². The standard InChI is InChI=1S/C14H17BrN2O4/c1-21-13-11(3-2-4-12(13)17(19)20)14(18)16-7-5-10(9-15)6-8-16/h2-4,10H,5-9H2,1H3. The van der Waals surface area contributed by atoms with Crippen LogP contribution in [0.15, 0.2) is 18.2 Å². The van der Waals surface area contributed by atoms with Gasteiger partial charge in [-0.2, -0.15) is 0 Å². The summed E-state index contributed by atoms with van der Waals surface area (Å²) < 4.78 is 5.10. The van der Waals surface area contributed by atoms with E-state index in [0.29, 0.717) is 19.0 Å². The summed E-state index contributed by atoms with van der Waals surface area (Å²) in [5, 5.41) is 11.9. The summed E-state index contributed by atoms with van der Waals surface area (Å²) in [5.74, 6) is 0.416. The molecule has 1 fully saturated rings. The lowest BCUT2D eigenvalue weighted by Gasteiger charge is -2.31. The van der Waals surface area contributed by atoms with Gasteiger partial charge in [-0.25, -0.2) is 0 Å². The number of benzene rings is 1. The number of para-hydroxylation sites is 1. The Morgan fingerprint density at radius 3 is 2.67 bits per heavy atom. The third-order valence-electron chi connectivity index (χ3n) is 3.75. The Morgan fingerprint density at radius 2 is 2.14 bits per heavy atom. The van der Waals surface area contributed by atoms with E-state index in [2.05, 4.69) is 15.9 Å². The topological polar surface area (TPSA) is 72.7 Å². The Labute approximate surface area is 131 Å². The molecule has 0 unspecified atom stereocenters. The number of nitro groups is 1. The molecule has 1 aromatic rings. The van der Waals surface area contributed by atoms with E-state index in [9.17, 15) is 14.9 Å². The number of nitrogens with zero attached hydrogens (tertiary/aromatic N) is 2. The molecule has 1 aliphatic rings. The molecule has 0 atom stereocenters. The molecule has 1 saturated heterocycles. The van der Waals surface area contributed by atoms with Crippen molar-refractivity contribution in [2.75, 3.05) is 25.5 Å². The van der Waals surface area contributed by atoms with Crippen molar-refractivity contribution in [2.45, 2.75) is 12.8 Å². The van der Waals surface area contributed by atoms with Crippen LogP contribution in [0.4, 0.5) is 5.69 Å².